The van der Waals surface area contributed by atoms with Crippen molar-refractivity contribution in [1.82, 2.24) is 10.3 Å². The standard InChI is InChI=1S/C20H18BrN3S2/c1-12-11-14(7-8-15(12)21)24-19(17-9-6-13(2)26-17)18(23-20(24)25)16-5-3-4-10-22-16/h3-11,18-19H,1-2H3,(H,23,25)/t18-,19+/m1/s1. The van der Waals surface area contributed by atoms with E-state index in [2.05, 4.69) is 81.4 Å². The molecule has 3 aromatic rings. The number of nitrogens with one attached hydrogen (secondary N) is 1. The third-order valence-electron chi connectivity index (χ3n) is 4.57. The maximum Gasteiger partial charge on any atom is 0.174 e. The van der Waals surface area contributed by atoms with Crippen molar-refractivity contribution in [2.45, 2.75) is 25.9 Å². The predicted molar refractivity (Wildman–Crippen MR) is 116 cm³/mol. The Morgan fingerprint density at radius 3 is 2.65 bits per heavy atom. The van der Waals surface area contributed by atoms with Gasteiger partial charge in [0.25, 0.3) is 0 Å². The Balaban J connectivity index is 1.83. The first-order valence-corrected chi connectivity index (χ1v) is 10.4. The molecule has 0 amide bonds. The summed E-state index contributed by atoms with van der Waals surface area (Å²) in [5.74, 6) is 0. The van der Waals surface area contributed by atoms with Gasteiger partial charge in [-0.25, -0.2) is 0 Å². The van der Waals surface area contributed by atoms with E-state index >= 15 is 0 Å². The number of hydrogen-bond donors (Lipinski definition) is 1. The Morgan fingerprint density at radius 1 is 1.15 bits per heavy atom. The first-order chi connectivity index (χ1) is 12.5. The zero-order chi connectivity index (χ0) is 18.3. The molecule has 1 aliphatic rings. The fourth-order valence-corrected chi connectivity index (χ4v) is 4.91. The Bertz CT molecular complexity index is 955. The average Bonchev–Trinajstić information content (AvgIpc) is 3.21. The van der Waals surface area contributed by atoms with E-state index in [4.69, 9.17) is 12.2 Å². The summed E-state index contributed by atoms with van der Waals surface area (Å²) < 4.78 is 1.10. The summed E-state index contributed by atoms with van der Waals surface area (Å²) in [5.41, 5.74) is 3.28. The minimum absolute atomic E-state index is 0.0192. The number of pyridine rings is 1. The minimum Gasteiger partial charge on any atom is -0.351 e. The van der Waals surface area contributed by atoms with E-state index in [1.165, 1.54) is 15.3 Å². The molecule has 0 aliphatic carbocycles. The molecule has 3 nitrogen and oxygen atoms in total. The maximum absolute atomic E-state index is 5.74. The Kier molecular flexibility index (Phi) is 4.82. The lowest BCUT2D eigenvalue weighted by Gasteiger charge is -2.27. The first kappa shape index (κ1) is 17.6. The van der Waals surface area contributed by atoms with Gasteiger partial charge in [-0.15, -0.1) is 11.3 Å². The number of thiocarbonyl (C=S) groups is 1. The molecule has 6 heteroatoms. The Hall–Kier alpha value is -1.76. The predicted octanol–water partition coefficient (Wildman–Crippen LogP) is 5.70. The summed E-state index contributed by atoms with van der Waals surface area (Å²) >= 11 is 11.1. The van der Waals surface area contributed by atoms with Crippen LogP contribution in [0.1, 0.15) is 33.1 Å². The summed E-state index contributed by atoms with van der Waals surface area (Å²) in [5, 5.41) is 4.24. The van der Waals surface area contributed by atoms with Gasteiger partial charge in [0.1, 0.15) is 0 Å². The number of aromatic nitrogens is 1. The highest BCUT2D eigenvalue weighted by Gasteiger charge is 2.41. The van der Waals surface area contributed by atoms with Crippen LogP contribution in [0.15, 0.2) is 59.2 Å². The van der Waals surface area contributed by atoms with Crippen LogP contribution >= 0.6 is 39.5 Å². The van der Waals surface area contributed by atoms with Gasteiger partial charge < -0.3 is 10.2 Å². The molecule has 2 atom stereocenters. The molecule has 1 saturated heterocycles. The fraction of sp³-hybridized carbons (Fsp3) is 0.200. The van der Waals surface area contributed by atoms with Crippen LogP contribution in [0.5, 0.6) is 0 Å². The topological polar surface area (TPSA) is 28.2 Å². The monoisotopic (exact) mass is 443 g/mol. The second-order valence-corrected chi connectivity index (χ2v) is 8.94. The molecule has 0 spiro atoms. The second-order valence-electron chi connectivity index (χ2n) is 6.38. The van der Waals surface area contributed by atoms with E-state index in [0.29, 0.717) is 0 Å². The highest BCUT2D eigenvalue weighted by atomic mass is 79.9. The molecular formula is C20H18BrN3S2. The number of benzene rings is 1. The van der Waals surface area contributed by atoms with E-state index in [1.807, 2.05) is 29.7 Å². The largest absolute Gasteiger partial charge is 0.351 e. The van der Waals surface area contributed by atoms with Gasteiger partial charge in [-0.1, -0.05) is 22.0 Å². The van der Waals surface area contributed by atoms with Gasteiger partial charge in [0.2, 0.25) is 0 Å². The highest BCUT2D eigenvalue weighted by Crippen LogP contribution is 2.44. The number of halogens is 1. The van der Waals surface area contributed by atoms with Crippen LogP contribution in [-0.4, -0.2) is 10.1 Å². The quantitative estimate of drug-likeness (QED) is 0.525. The van der Waals surface area contributed by atoms with E-state index in [-0.39, 0.29) is 12.1 Å². The number of rotatable bonds is 3. The van der Waals surface area contributed by atoms with Gasteiger partial charge in [-0.3, -0.25) is 4.98 Å². The first-order valence-electron chi connectivity index (χ1n) is 8.38. The molecule has 4 rings (SSSR count). The molecule has 1 aliphatic heterocycles. The van der Waals surface area contributed by atoms with E-state index in [1.54, 1.807) is 0 Å². The molecule has 3 heterocycles. The van der Waals surface area contributed by atoms with Crippen molar-refractivity contribution in [2.75, 3.05) is 4.90 Å². The number of hydrogen-bond acceptors (Lipinski definition) is 3. The second kappa shape index (κ2) is 7.10. The summed E-state index contributed by atoms with van der Waals surface area (Å²) in [6, 6.07) is 16.9. The molecule has 2 aromatic heterocycles. The van der Waals surface area contributed by atoms with E-state index in [0.717, 1.165) is 21.0 Å². The fourth-order valence-electron chi connectivity index (χ4n) is 3.31. The zero-order valence-corrected chi connectivity index (χ0v) is 17.7. The van der Waals surface area contributed by atoms with Gasteiger partial charge in [0.05, 0.1) is 17.8 Å². The SMILES string of the molecule is Cc1ccc([C@H]2[C@@H](c3ccccn3)NC(=S)N2c2ccc(Br)c(C)c2)s1. The van der Waals surface area contributed by atoms with Crippen LogP contribution in [-0.2, 0) is 0 Å². The molecular weight excluding hydrogens is 426 g/mol. The van der Waals surface area contributed by atoms with Crippen LogP contribution < -0.4 is 10.2 Å². The molecule has 132 valence electrons. The lowest BCUT2D eigenvalue weighted by Crippen LogP contribution is -2.29. The molecule has 0 radical (unpaired) electrons. The zero-order valence-electron chi connectivity index (χ0n) is 14.4. The van der Waals surface area contributed by atoms with Crippen LogP contribution in [0.4, 0.5) is 5.69 Å². The lowest BCUT2D eigenvalue weighted by molar-refractivity contribution is 0.575. The number of anilines is 1. The normalized spacial score (nSPS) is 19.7. The van der Waals surface area contributed by atoms with Gasteiger partial charge in [0.15, 0.2) is 5.11 Å². The molecule has 0 bridgehead atoms. The number of aryl methyl sites for hydroxylation is 2. The van der Waals surface area contributed by atoms with Crippen molar-refractivity contribution >= 4 is 50.3 Å². The Labute approximate surface area is 171 Å². The summed E-state index contributed by atoms with van der Waals surface area (Å²) in [6.45, 7) is 4.24. The van der Waals surface area contributed by atoms with Crippen molar-refractivity contribution in [3.8, 4) is 0 Å². The van der Waals surface area contributed by atoms with E-state index < -0.39 is 0 Å². The maximum atomic E-state index is 5.74. The number of thiophene rings is 1. The van der Waals surface area contributed by atoms with Gasteiger partial charge in [-0.05, 0) is 74.1 Å². The van der Waals surface area contributed by atoms with Crippen LogP contribution in [0, 0.1) is 13.8 Å². The average molecular weight is 444 g/mol. The third kappa shape index (κ3) is 3.17. The number of nitrogens with zero attached hydrogens (tertiary/aromatic N) is 2. The van der Waals surface area contributed by atoms with Crippen LogP contribution in [0.3, 0.4) is 0 Å². The van der Waals surface area contributed by atoms with Gasteiger partial charge >= 0.3 is 0 Å². The minimum atomic E-state index is 0.0192. The molecule has 1 aromatic carbocycles. The van der Waals surface area contributed by atoms with Gasteiger partial charge in [-0.2, -0.15) is 0 Å². The Morgan fingerprint density at radius 2 is 2.00 bits per heavy atom. The van der Waals surface area contributed by atoms with Crippen molar-refractivity contribution in [3.63, 3.8) is 0 Å². The summed E-state index contributed by atoms with van der Waals surface area (Å²) in [6.07, 6.45) is 1.84. The third-order valence-corrected chi connectivity index (χ3v) is 6.85. The lowest BCUT2D eigenvalue weighted by atomic mass is 10.0. The van der Waals surface area contributed by atoms with Crippen molar-refractivity contribution in [2.24, 2.45) is 0 Å². The van der Waals surface area contributed by atoms with Crippen molar-refractivity contribution in [3.05, 3.63) is 80.2 Å². The summed E-state index contributed by atoms with van der Waals surface area (Å²) in [7, 11) is 0. The van der Waals surface area contributed by atoms with Crippen LogP contribution in [0.2, 0.25) is 0 Å². The highest BCUT2D eigenvalue weighted by molar-refractivity contribution is 9.10. The van der Waals surface area contributed by atoms with Crippen molar-refractivity contribution in [1.29, 1.82) is 0 Å². The molecule has 0 saturated carbocycles. The molecule has 0 unspecified atom stereocenters. The van der Waals surface area contributed by atoms with Crippen LogP contribution in [0.25, 0.3) is 0 Å². The van der Waals surface area contributed by atoms with Gasteiger partial charge in [0, 0.05) is 26.1 Å². The summed E-state index contributed by atoms with van der Waals surface area (Å²) in [4.78, 5) is 9.39. The van der Waals surface area contributed by atoms with Crippen molar-refractivity contribution < 1.29 is 0 Å². The van der Waals surface area contributed by atoms with E-state index in [9.17, 15) is 0 Å². The smallest absolute Gasteiger partial charge is 0.174 e. The molecule has 26 heavy (non-hydrogen) atoms. The molecule has 1 N–H and O–H groups in total. The molecule has 1 fully saturated rings.